The second-order valence-corrected chi connectivity index (χ2v) is 8.76. The summed E-state index contributed by atoms with van der Waals surface area (Å²) in [7, 11) is 0. The van der Waals surface area contributed by atoms with Crippen molar-refractivity contribution in [2.24, 2.45) is 0 Å². The summed E-state index contributed by atoms with van der Waals surface area (Å²) < 4.78 is 21.5. The quantitative estimate of drug-likeness (QED) is 0.582. The number of piperidine rings is 1. The molecule has 0 radical (unpaired) electrons. The number of carbonyl (C=O) groups is 1. The standard InChI is InChI=1S/C22H26FN7O2/c1-14(2)20-26-22(32-27-20)28-9-7-17(8-10-28)30(16-4-5-16)21(31)15-3-6-19(18(23)11-15)29-13-24-12-25-29/h3,6,11-14,16-17H,4-5,7-10H2,1-2H3. The van der Waals surface area contributed by atoms with Crippen LogP contribution in [-0.2, 0) is 0 Å². The summed E-state index contributed by atoms with van der Waals surface area (Å²) in [6.45, 7) is 5.53. The van der Waals surface area contributed by atoms with E-state index < -0.39 is 5.82 Å². The largest absolute Gasteiger partial charge is 0.333 e. The van der Waals surface area contributed by atoms with Gasteiger partial charge in [0.2, 0.25) is 0 Å². The van der Waals surface area contributed by atoms with Crippen molar-refractivity contribution in [3.63, 3.8) is 0 Å². The van der Waals surface area contributed by atoms with Gasteiger partial charge in [-0.2, -0.15) is 10.1 Å². The summed E-state index contributed by atoms with van der Waals surface area (Å²) >= 11 is 0. The molecule has 1 saturated heterocycles. The topological polar surface area (TPSA) is 93.2 Å². The van der Waals surface area contributed by atoms with E-state index in [0.29, 0.717) is 17.4 Å². The molecule has 2 aromatic heterocycles. The maximum absolute atomic E-state index is 14.7. The average molecular weight is 439 g/mol. The van der Waals surface area contributed by atoms with Gasteiger partial charge in [-0.15, -0.1) is 0 Å². The van der Waals surface area contributed by atoms with E-state index >= 15 is 0 Å². The first kappa shape index (κ1) is 20.6. The molecule has 0 N–H and O–H groups in total. The highest BCUT2D eigenvalue weighted by atomic mass is 19.1. The second kappa shape index (κ2) is 8.33. The molecule has 3 heterocycles. The number of halogens is 1. The van der Waals surface area contributed by atoms with Crippen LogP contribution in [0.5, 0.6) is 0 Å². The Kier molecular flexibility index (Phi) is 5.36. The first-order chi connectivity index (χ1) is 15.5. The zero-order valence-electron chi connectivity index (χ0n) is 18.2. The monoisotopic (exact) mass is 439 g/mol. The molecule has 1 aromatic carbocycles. The van der Waals surface area contributed by atoms with Crippen molar-refractivity contribution in [2.75, 3.05) is 18.0 Å². The van der Waals surface area contributed by atoms with Gasteiger partial charge in [0.15, 0.2) is 5.82 Å². The van der Waals surface area contributed by atoms with Crippen LogP contribution in [-0.4, -0.2) is 60.9 Å². The highest BCUT2D eigenvalue weighted by Gasteiger charge is 2.39. The lowest BCUT2D eigenvalue weighted by molar-refractivity contribution is 0.0629. The van der Waals surface area contributed by atoms with E-state index in [2.05, 4.69) is 25.1 Å². The van der Waals surface area contributed by atoms with Crippen molar-refractivity contribution in [3.8, 4) is 5.69 Å². The minimum absolute atomic E-state index is 0.108. The van der Waals surface area contributed by atoms with Crippen LogP contribution in [0.2, 0.25) is 0 Å². The molecule has 2 aliphatic rings. The fourth-order valence-corrected chi connectivity index (χ4v) is 4.21. The fraction of sp³-hybridized carbons (Fsp3) is 0.500. The van der Waals surface area contributed by atoms with Crippen LogP contribution in [0.25, 0.3) is 5.69 Å². The Morgan fingerprint density at radius 2 is 1.94 bits per heavy atom. The molecule has 32 heavy (non-hydrogen) atoms. The van der Waals surface area contributed by atoms with Crippen molar-refractivity contribution in [2.45, 2.75) is 57.5 Å². The SMILES string of the molecule is CC(C)c1noc(N2CCC(N(C(=O)c3ccc(-n4cncn4)c(F)c3)C3CC3)CC2)n1. The number of carbonyl (C=O) groups excluding carboxylic acids is 1. The molecule has 1 aliphatic heterocycles. The third kappa shape index (κ3) is 3.96. The van der Waals surface area contributed by atoms with Gasteiger partial charge in [-0.25, -0.2) is 14.1 Å². The molecule has 9 nitrogen and oxygen atoms in total. The molecule has 0 atom stereocenters. The summed E-state index contributed by atoms with van der Waals surface area (Å²) in [6, 6.07) is 5.42. The Morgan fingerprint density at radius 1 is 1.19 bits per heavy atom. The Balaban J connectivity index is 1.29. The molecule has 1 amide bonds. The van der Waals surface area contributed by atoms with E-state index in [1.807, 2.05) is 18.7 Å². The molecular weight excluding hydrogens is 413 g/mol. The molecule has 1 saturated carbocycles. The fourth-order valence-electron chi connectivity index (χ4n) is 4.21. The van der Waals surface area contributed by atoms with E-state index in [9.17, 15) is 9.18 Å². The number of hydrogen-bond acceptors (Lipinski definition) is 7. The minimum atomic E-state index is -0.496. The summed E-state index contributed by atoms with van der Waals surface area (Å²) in [5.74, 6) is 0.303. The van der Waals surface area contributed by atoms with Gasteiger partial charge in [0.25, 0.3) is 5.91 Å². The van der Waals surface area contributed by atoms with Gasteiger partial charge in [0.1, 0.15) is 24.2 Å². The molecule has 0 spiro atoms. The average Bonchev–Trinajstić information content (AvgIpc) is 3.27. The number of hydrogen-bond donors (Lipinski definition) is 0. The van der Waals surface area contributed by atoms with E-state index in [0.717, 1.165) is 38.8 Å². The van der Waals surface area contributed by atoms with Gasteiger partial charge in [-0.1, -0.05) is 19.0 Å². The van der Waals surface area contributed by atoms with Crippen molar-refractivity contribution in [1.29, 1.82) is 0 Å². The molecule has 1 aliphatic carbocycles. The van der Waals surface area contributed by atoms with Gasteiger partial charge >= 0.3 is 6.01 Å². The predicted molar refractivity (Wildman–Crippen MR) is 114 cm³/mol. The van der Waals surface area contributed by atoms with Crippen molar-refractivity contribution < 1.29 is 13.7 Å². The third-order valence-electron chi connectivity index (χ3n) is 6.11. The van der Waals surface area contributed by atoms with E-state index in [1.165, 1.54) is 23.4 Å². The number of nitrogens with zero attached hydrogens (tertiary/aromatic N) is 7. The highest BCUT2D eigenvalue weighted by molar-refractivity contribution is 5.95. The lowest BCUT2D eigenvalue weighted by Crippen LogP contribution is -2.48. The summed E-state index contributed by atoms with van der Waals surface area (Å²) in [5, 5.41) is 8.01. The van der Waals surface area contributed by atoms with Gasteiger partial charge in [0, 0.05) is 36.7 Å². The van der Waals surface area contributed by atoms with Crippen LogP contribution in [0, 0.1) is 5.82 Å². The molecule has 3 aromatic rings. The number of anilines is 1. The minimum Gasteiger partial charge on any atom is -0.333 e. The number of aromatic nitrogens is 5. The Bertz CT molecular complexity index is 1090. The Labute approximate surface area is 185 Å². The van der Waals surface area contributed by atoms with Crippen LogP contribution in [0.3, 0.4) is 0 Å². The molecule has 5 rings (SSSR count). The van der Waals surface area contributed by atoms with Crippen LogP contribution in [0.15, 0.2) is 35.4 Å². The van der Waals surface area contributed by atoms with Crippen LogP contribution >= 0.6 is 0 Å². The lowest BCUT2D eigenvalue weighted by Gasteiger charge is -2.38. The number of amides is 1. The molecule has 168 valence electrons. The number of rotatable bonds is 6. The first-order valence-corrected chi connectivity index (χ1v) is 11.1. The second-order valence-electron chi connectivity index (χ2n) is 8.76. The summed E-state index contributed by atoms with van der Waals surface area (Å²) in [4.78, 5) is 25.8. The maximum atomic E-state index is 14.7. The molecule has 10 heteroatoms. The Morgan fingerprint density at radius 3 is 2.53 bits per heavy atom. The predicted octanol–water partition coefficient (Wildman–Crippen LogP) is 3.19. The van der Waals surface area contributed by atoms with Gasteiger partial charge in [-0.3, -0.25) is 4.79 Å². The van der Waals surface area contributed by atoms with Gasteiger partial charge in [-0.05, 0) is 43.9 Å². The van der Waals surface area contributed by atoms with Crippen LogP contribution in [0.4, 0.5) is 10.4 Å². The zero-order chi connectivity index (χ0) is 22.2. The molecular formula is C22H26FN7O2. The third-order valence-corrected chi connectivity index (χ3v) is 6.11. The van der Waals surface area contributed by atoms with Gasteiger partial charge in [0.05, 0.1) is 0 Å². The van der Waals surface area contributed by atoms with Crippen molar-refractivity contribution in [3.05, 3.63) is 48.1 Å². The van der Waals surface area contributed by atoms with Crippen LogP contribution in [0.1, 0.15) is 61.6 Å². The smallest absolute Gasteiger partial charge is 0.324 e. The van der Waals surface area contributed by atoms with Crippen LogP contribution < -0.4 is 4.90 Å². The van der Waals surface area contributed by atoms with Crippen molar-refractivity contribution in [1.82, 2.24) is 29.8 Å². The van der Waals surface area contributed by atoms with E-state index in [1.54, 1.807) is 12.1 Å². The molecule has 0 unspecified atom stereocenters. The van der Waals surface area contributed by atoms with E-state index in [-0.39, 0.29) is 29.6 Å². The first-order valence-electron chi connectivity index (χ1n) is 11.1. The van der Waals surface area contributed by atoms with Crippen molar-refractivity contribution >= 4 is 11.9 Å². The maximum Gasteiger partial charge on any atom is 0.324 e. The molecule has 0 bridgehead atoms. The van der Waals surface area contributed by atoms with E-state index in [4.69, 9.17) is 4.52 Å². The number of benzene rings is 1. The lowest BCUT2D eigenvalue weighted by atomic mass is 10.0. The molecule has 2 fully saturated rings. The zero-order valence-corrected chi connectivity index (χ0v) is 18.2. The summed E-state index contributed by atoms with van der Waals surface area (Å²) in [5.41, 5.74) is 0.629. The van der Waals surface area contributed by atoms with Gasteiger partial charge < -0.3 is 14.3 Å². The highest BCUT2D eigenvalue weighted by Crippen LogP contribution is 2.34. The normalized spacial score (nSPS) is 17.2. The Hall–Kier alpha value is -3.30. The summed E-state index contributed by atoms with van der Waals surface area (Å²) in [6.07, 6.45) is 6.37.